The molecular formula is C12H16N8O. The van der Waals surface area contributed by atoms with Gasteiger partial charge in [-0.2, -0.15) is 9.78 Å². The van der Waals surface area contributed by atoms with Crippen LogP contribution >= 0.6 is 0 Å². The first-order chi connectivity index (χ1) is 10.3. The highest BCUT2D eigenvalue weighted by molar-refractivity contribution is 5.97. The molecule has 1 amide bonds. The summed E-state index contributed by atoms with van der Waals surface area (Å²) in [5.41, 5.74) is 0.500. The second kappa shape index (κ2) is 4.92. The molecule has 0 aromatic carbocycles. The monoisotopic (exact) mass is 288 g/mol. The molecule has 0 saturated carbocycles. The van der Waals surface area contributed by atoms with Crippen LogP contribution in [0.5, 0.6) is 0 Å². The van der Waals surface area contributed by atoms with Crippen molar-refractivity contribution in [1.29, 1.82) is 0 Å². The fourth-order valence-electron chi connectivity index (χ4n) is 3.17. The van der Waals surface area contributed by atoms with Gasteiger partial charge in [-0.1, -0.05) is 0 Å². The summed E-state index contributed by atoms with van der Waals surface area (Å²) in [5.74, 6) is 0.482. The van der Waals surface area contributed by atoms with Crippen LogP contribution in [-0.4, -0.2) is 66.4 Å². The van der Waals surface area contributed by atoms with E-state index in [9.17, 15) is 4.79 Å². The van der Waals surface area contributed by atoms with Gasteiger partial charge in [0.2, 0.25) is 0 Å². The van der Waals surface area contributed by atoms with Gasteiger partial charge in [0.25, 0.3) is 5.91 Å². The van der Waals surface area contributed by atoms with Crippen molar-refractivity contribution in [1.82, 2.24) is 40.6 Å². The van der Waals surface area contributed by atoms with Crippen molar-refractivity contribution in [3.63, 3.8) is 0 Å². The van der Waals surface area contributed by atoms with Crippen LogP contribution in [0.15, 0.2) is 12.5 Å². The summed E-state index contributed by atoms with van der Waals surface area (Å²) in [5, 5.41) is 21.3. The van der Waals surface area contributed by atoms with Crippen molar-refractivity contribution in [3.05, 3.63) is 18.1 Å². The lowest BCUT2D eigenvalue weighted by atomic mass is 10.1. The highest BCUT2D eigenvalue weighted by atomic mass is 16.2. The number of rotatable bonds is 2. The molecule has 2 aliphatic heterocycles. The van der Waals surface area contributed by atoms with E-state index >= 15 is 0 Å². The van der Waals surface area contributed by atoms with Crippen LogP contribution < -0.4 is 5.32 Å². The smallest absolute Gasteiger partial charge is 0.259 e. The average Bonchev–Trinajstić information content (AvgIpc) is 3.17. The number of H-pyrrole nitrogens is 1. The Morgan fingerprint density at radius 1 is 1.29 bits per heavy atom. The normalized spacial score (nSPS) is 25.0. The number of likely N-dealkylation sites (tertiary alicyclic amines) is 1. The van der Waals surface area contributed by atoms with Gasteiger partial charge >= 0.3 is 0 Å². The van der Waals surface area contributed by atoms with E-state index in [-0.39, 0.29) is 5.91 Å². The molecule has 0 radical (unpaired) electrons. The van der Waals surface area contributed by atoms with E-state index in [2.05, 4.69) is 31.0 Å². The van der Waals surface area contributed by atoms with E-state index in [0.29, 0.717) is 23.5 Å². The predicted molar refractivity (Wildman–Crippen MR) is 71.8 cm³/mol. The number of aromatic amines is 1. The first-order valence-corrected chi connectivity index (χ1v) is 7.13. The molecule has 2 saturated heterocycles. The number of tetrazole rings is 1. The lowest BCUT2D eigenvalue weighted by Gasteiger charge is -2.24. The van der Waals surface area contributed by atoms with Crippen LogP contribution in [0.4, 0.5) is 0 Å². The van der Waals surface area contributed by atoms with Gasteiger partial charge in [0, 0.05) is 25.2 Å². The van der Waals surface area contributed by atoms with E-state index in [1.807, 2.05) is 4.90 Å². The fraction of sp³-hybridized carbons (Fsp3) is 0.583. The molecular weight excluding hydrogens is 272 g/mol. The van der Waals surface area contributed by atoms with Crippen LogP contribution in [0.2, 0.25) is 0 Å². The van der Waals surface area contributed by atoms with Crippen LogP contribution in [0, 0.1) is 0 Å². The SMILES string of the molecule is O=C(c1cn[nH]c1-n1cnnn1)N1CC[C@H]2CC[C@@H](C1)N2. The zero-order valence-electron chi connectivity index (χ0n) is 11.4. The second-order valence-corrected chi connectivity index (χ2v) is 5.56. The minimum atomic E-state index is -0.0244. The summed E-state index contributed by atoms with van der Waals surface area (Å²) in [6, 6.07) is 0.959. The Balaban J connectivity index is 1.59. The molecule has 0 spiro atoms. The number of amides is 1. The molecule has 2 aromatic heterocycles. The zero-order chi connectivity index (χ0) is 14.2. The number of carbonyl (C=O) groups excluding carboxylic acids is 1. The summed E-state index contributed by atoms with van der Waals surface area (Å²) in [4.78, 5) is 14.7. The van der Waals surface area contributed by atoms with Crippen molar-refractivity contribution in [2.75, 3.05) is 13.1 Å². The highest BCUT2D eigenvalue weighted by Gasteiger charge is 2.32. The summed E-state index contributed by atoms with van der Waals surface area (Å²) < 4.78 is 1.42. The summed E-state index contributed by atoms with van der Waals surface area (Å²) in [6.45, 7) is 1.52. The topological polar surface area (TPSA) is 105 Å². The Labute approximate surface area is 120 Å². The third kappa shape index (κ3) is 2.19. The molecule has 4 heterocycles. The fourth-order valence-corrected chi connectivity index (χ4v) is 3.17. The number of hydrogen-bond acceptors (Lipinski definition) is 6. The first kappa shape index (κ1) is 12.5. The van der Waals surface area contributed by atoms with E-state index in [1.54, 1.807) is 0 Å². The van der Waals surface area contributed by atoms with Crippen LogP contribution in [0.1, 0.15) is 29.6 Å². The average molecular weight is 288 g/mol. The lowest BCUT2D eigenvalue weighted by Crippen LogP contribution is -2.39. The Kier molecular flexibility index (Phi) is 2.92. The number of hydrogen-bond donors (Lipinski definition) is 2. The molecule has 2 N–H and O–H groups in total. The standard InChI is InChI=1S/C12H16N8O/c21-12(19-4-3-8-1-2-9(6-19)15-8)10-5-13-16-11(10)20-7-14-17-18-20/h5,7-9,15H,1-4,6H2,(H,13,16)/t8-,9+/m1/s1. The molecule has 9 nitrogen and oxygen atoms in total. The van der Waals surface area contributed by atoms with Crippen molar-refractivity contribution in [3.8, 4) is 5.82 Å². The van der Waals surface area contributed by atoms with Gasteiger partial charge in [0.05, 0.1) is 6.20 Å². The van der Waals surface area contributed by atoms with Crippen molar-refractivity contribution >= 4 is 5.91 Å². The minimum Gasteiger partial charge on any atom is -0.337 e. The highest BCUT2D eigenvalue weighted by Crippen LogP contribution is 2.22. The van der Waals surface area contributed by atoms with Crippen LogP contribution in [0.3, 0.4) is 0 Å². The third-order valence-corrected chi connectivity index (χ3v) is 4.24. The van der Waals surface area contributed by atoms with Gasteiger partial charge in [-0.3, -0.25) is 9.89 Å². The number of fused-ring (bicyclic) bond motifs is 2. The summed E-state index contributed by atoms with van der Waals surface area (Å²) in [7, 11) is 0. The van der Waals surface area contributed by atoms with E-state index in [1.165, 1.54) is 23.6 Å². The van der Waals surface area contributed by atoms with E-state index in [4.69, 9.17) is 0 Å². The van der Waals surface area contributed by atoms with Crippen LogP contribution in [0.25, 0.3) is 5.82 Å². The number of carbonyl (C=O) groups is 1. The molecule has 2 aliphatic rings. The molecule has 0 unspecified atom stereocenters. The number of nitrogens with one attached hydrogen (secondary N) is 2. The van der Waals surface area contributed by atoms with Gasteiger partial charge < -0.3 is 10.2 Å². The van der Waals surface area contributed by atoms with Crippen LogP contribution in [-0.2, 0) is 0 Å². The van der Waals surface area contributed by atoms with Gasteiger partial charge in [0.1, 0.15) is 11.9 Å². The molecule has 2 atom stereocenters. The lowest BCUT2D eigenvalue weighted by molar-refractivity contribution is 0.0748. The summed E-state index contributed by atoms with van der Waals surface area (Å²) in [6.07, 6.45) is 6.33. The third-order valence-electron chi connectivity index (χ3n) is 4.24. The molecule has 9 heteroatoms. The predicted octanol–water partition coefficient (Wildman–Crippen LogP) is -0.648. The molecule has 4 rings (SSSR count). The molecule has 0 aliphatic carbocycles. The zero-order valence-corrected chi connectivity index (χ0v) is 11.4. The maximum atomic E-state index is 12.8. The van der Waals surface area contributed by atoms with Gasteiger partial charge in [-0.25, -0.2) is 0 Å². The first-order valence-electron chi connectivity index (χ1n) is 7.13. The Morgan fingerprint density at radius 3 is 3.05 bits per heavy atom. The van der Waals surface area contributed by atoms with Crippen molar-refractivity contribution in [2.24, 2.45) is 0 Å². The molecule has 2 aromatic rings. The van der Waals surface area contributed by atoms with Crippen molar-refractivity contribution in [2.45, 2.75) is 31.3 Å². The summed E-state index contributed by atoms with van der Waals surface area (Å²) >= 11 is 0. The quantitative estimate of drug-likeness (QED) is 0.761. The van der Waals surface area contributed by atoms with Crippen molar-refractivity contribution < 1.29 is 4.79 Å². The van der Waals surface area contributed by atoms with Gasteiger partial charge in [0.15, 0.2) is 5.82 Å². The number of nitrogens with zero attached hydrogens (tertiary/aromatic N) is 6. The van der Waals surface area contributed by atoms with E-state index < -0.39 is 0 Å². The Morgan fingerprint density at radius 2 is 2.19 bits per heavy atom. The van der Waals surface area contributed by atoms with Gasteiger partial charge in [-0.15, -0.1) is 5.10 Å². The number of aromatic nitrogens is 6. The Hall–Kier alpha value is -2.29. The maximum absolute atomic E-state index is 12.8. The Bertz CT molecular complexity index is 635. The molecule has 2 bridgehead atoms. The largest absolute Gasteiger partial charge is 0.337 e. The molecule has 110 valence electrons. The molecule has 2 fully saturated rings. The maximum Gasteiger partial charge on any atom is 0.259 e. The molecule has 21 heavy (non-hydrogen) atoms. The minimum absolute atomic E-state index is 0.0244. The van der Waals surface area contributed by atoms with E-state index in [0.717, 1.165) is 25.9 Å². The van der Waals surface area contributed by atoms with Gasteiger partial charge in [-0.05, 0) is 29.7 Å². The second-order valence-electron chi connectivity index (χ2n) is 5.56.